The van der Waals surface area contributed by atoms with E-state index in [9.17, 15) is 4.79 Å². The first-order valence-electron chi connectivity index (χ1n) is 7.66. The number of carbonyl (C=O) groups excluding carboxylic acids is 1. The van der Waals surface area contributed by atoms with Gasteiger partial charge >= 0.3 is 0 Å². The number of nitrogens with zero attached hydrogens (tertiary/aromatic N) is 1. The molecule has 0 saturated carbocycles. The van der Waals surface area contributed by atoms with E-state index in [1.54, 1.807) is 0 Å². The van der Waals surface area contributed by atoms with Gasteiger partial charge in [-0.25, -0.2) is 0 Å². The summed E-state index contributed by atoms with van der Waals surface area (Å²) in [5, 5.41) is 3.47. The molecule has 1 aromatic carbocycles. The summed E-state index contributed by atoms with van der Waals surface area (Å²) in [4.78, 5) is 14.8. The Hall–Kier alpha value is -1.51. The molecule has 3 unspecified atom stereocenters. The van der Waals surface area contributed by atoms with Crippen LogP contribution in [0.3, 0.4) is 0 Å². The van der Waals surface area contributed by atoms with Gasteiger partial charge in [0.05, 0.1) is 5.92 Å². The first kappa shape index (κ1) is 14.9. The maximum Gasteiger partial charge on any atom is 0.230 e. The van der Waals surface area contributed by atoms with Crippen LogP contribution in [0.15, 0.2) is 24.3 Å². The summed E-state index contributed by atoms with van der Waals surface area (Å²) >= 11 is 0. The van der Waals surface area contributed by atoms with E-state index in [1.165, 1.54) is 0 Å². The largest absolute Gasteiger partial charge is 0.382 e. The number of para-hydroxylation sites is 1. The maximum absolute atomic E-state index is 12.8. The molecule has 0 radical (unpaired) electrons. The molecule has 1 heterocycles. The number of benzene rings is 1. The van der Waals surface area contributed by atoms with Crippen molar-refractivity contribution in [3.63, 3.8) is 0 Å². The molecule has 110 valence electrons. The Morgan fingerprint density at radius 1 is 1.45 bits per heavy atom. The molecule has 3 nitrogen and oxygen atoms in total. The first-order valence-corrected chi connectivity index (χ1v) is 7.66. The molecule has 20 heavy (non-hydrogen) atoms. The third-order valence-corrected chi connectivity index (χ3v) is 4.34. The summed E-state index contributed by atoms with van der Waals surface area (Å²) in [5.74, 6) is 0.249. The van der Waals surface area contributed by atoms with Crippen LogP contribution in [0.4, 0.5) is 5.69 Å². The van der Waals surface area contributed by atoms with Crippen LogP contribution in [-0.4, -0.2) is 29.9 Å². The number of fused-ring (bicyclic) bond motifs is 1. The van der Waals surface area contributed by atoms with Crippen molar-refractivity contribution in [2.45, 2.75) is 58.0 Å². The van der Waals surface area contributed by atoms with Crippen molar-refractivity contribution in [3.05, 3.63) is 29.8 Å². The summed E-state index contributed by atoms with van der Waals surface area (Å²) in [6.07, 6.45) is 3.04. The third-order valence-electron chi connectivity index (χ3n) is 4.34. The Morgan fingerprint density at radius 3 is 2.85 bits per heavy atom. The molecule has 1 amide bonds. The highest BCUT2D eigenvalue weighted by Crippen LogP contribution is 2.35. The van der Waals surface area contributed by atoms with Gasteiger partial charge in [-0.1, -0.05) is 31.5 Å². The van der Waals surface area contributed by atoms with E-state index in [0.717, 1.165) is 30.5 Å². The number of carbonyl (C=O) groups is 1. The summed E-state index contributed by atoms with van der Waals surface area (Å²) in [6, 6.07) is 8.84. The second-order valence-corrected chi connectivity index (χ2v) is 6.01. The maximum atomic E-state index is 12.8. The van der Waals surface area contributed by atoms with Gasteiger partial charge in [-0.15, -0.1) is 0 Å². The van der Waals surface area contributed by atoms with Gasteiger partial charge in [0.25, 0.3) is 0 Å². The van der Waals surface area contributed by atoms with Crippen molar-refractivity contribution < 1.29 is 4.79 Å². The van der Waals surface area contributed by atoms with Gasteiger partial charge in [0.2, 0.25) is 5.91 Å². The fraction of sp³-hybridized carbons (Fsp3) is 0.588. The zero-order valence-corrected chi connectivity index (χ0v) is 13.0. The van der Waals surface area contributed by atoms with Crippen LogP contribution in [-0.2, 0) is 4.79 Å². The number of hydrogen-bond acceptors (Lipinski definition) is 2. The second-order valence-electron chi connectivity index (χ2n) is 6.01. The van der Waals surface area contributed by atoms with Crippen molar-refractivity contribution in [2.75, 3.05) is 12.4 Å². The molecule has 1 N–H and O–H groups in total. The van der Waals surface area contributed by atoms with Crippen LogP contribution in [0.25, 0.3) is 0 Å². The van der Waals surface area contributed by atoms with E-state index in [4.69, 9.17) is 0 Å². The van der Waals surface area contributed by atoms with Gasteiger partial charge in [0, 0.05) is 24.8 Å². The molecule has 0 aliphatic carbocycles. The summed E-state index contributed by atoms with van der Waals surface area (Å²) in [7, 11) is 1.94. The Labute approximate surface area is 122 Å². The van der Waals surface area contributed by atoms with Crippen molar-refractivity contribution in [2.24, 2.45) is 0 Å². The van der Waals surface area contributed by atoms with E-state index in [1.807, 2.05) is 24.1 Å². The highest BCUT2D eigenvalue weighted by Gasteiger charge is 2.32. The Kier molecular flexibility index (Phi) is 4.69. The van der Waals surface area contributed by atoms with Gasteiger partial charge in [-0.05, 0) is 38.3 Å². The van der Waals surface area contributed by atoms with Crippen LogP contribution in [0.5, 0.6) is 0 Å². The minimum Gasteiger partial charge on any atom is -0.382 e. The third kappa shape index (κ3) is 2.97. The standard InChI is InChI=1S/C17H26N2O/c1-5-8-13(3)19(4)17(20)15-11-12(2)18-16-10-7-6-9-14(15)16/h6-7,9-10,12-13,15,18H,5,8,11H2,1-4H3. The lowest BCUT2D eigenvalue weighted by Crippen LogP contribution is -2.41. The number of nitrogens with one attached hydrogen (secondary N) is 1. The number of hydrogen-bond donors (Lipinski definition) is 1. The lowest BCUT2D eigenvalue weighted by Gasteiger charge is -2.35. The molecular weight excluding hydrogens is 248 g/mol. The highest BCUT2D eigenvalue weighted by atomic mass is 16.2. The zero-order valence-electron chi connectivity index (χ0n) is 13.0. The Bertz CT molecular complexity index is 472. The quantitative estimate of drug-likeness (QED) is 0.909. The molecule has 0 bridgehead atoms. The minimum absolute atomic E-state index is 0.00763. The van der Waals surface area contributed by atoms with Crippen LogP contribution in [0, 0.1) is 0 Å². The molecule has 0 saturated heterocycles. The molecular formula is C17H26N2O. The minimum atomic E-state index is -0.00763. The Balaban J connectivity index is 2.22. The fourth-order valence-electron chi connectivity index (χ4n) is 3.05. The zero-order chi connectivity index (χ0) is 14.7. The summed E-state index contributed by atoms with van der Waals surface area (Å²) in [6.45, 7) is 6.44. The highest BCUT2D eigenvalue weighted by molar-refractivity contribution is 5.86. The van der Waals surface area contributed by atoms with E-state index < -0.39 is 0 Å². The van der Waals surface area contributed by atoms with E-state index in [-0.39, 0.29) is 11.8 Å². The predicted molar refractivity (Wildman–Crippen MR) is 84.0 cm³/mol. The SMILES string of the molecule is CCCC(C)N(C)C(=O)C1CC(C)Nc2ccccc21. The van der Waals surface area contributed by atoms with Gasteiger partial charge in [0.15, 0.2) is 0 Å². The number of rotatable bonds is 4. The van der Waals surface area contributed by atoms with Crippen LogP contribution >= 0.6 is 0 Å². The molecule has 0 spiro atoms. The van der Waals surface area contributed by atoms with Crippen LogP contribution < -0.4 is 5.32 Å². The van der Waals surface area contributed by atoms with Crippen molar-refractivity contribution in [1.29, 1.82) is 0 Å². The average Bonchev–Trinajstić information content (AvgIpc) is 2.45. The first-order chi connectivity index (χ1) is 9.54. The number of anilines is 1. The monoisotopic (exact) mass is 274 g/mol. The summed E-state index contributed by atoms with van der Waals surface area (Å²) in [5.41, 5.74) is 2.26. The molecule has 1 aliphatic heterocycles. The smallest absolute Gasteiger partial charge is 0.230 e. The van der Waals surface area contributed by atoms with E-state index >= 15 is 0 Å². The average molecular weight is 274 g/mol. The lowest BCUT2D eigenvalue weighted by atomic mass is 9.86. The van der Waals surface area contributed by atoms with Crippen LogP contribution in [0.2, 0.25) is 0 Å². The molecule has 3 atom stereocenters. The van der Waals surface area contributed by atoms with Gasteiger partial charge in [0.1, 0.15) is 0 Å². The predicted octanol–water partition coefficient (Wildman–Crippen LogP) is 3.62. The molecule has 3 heteroatoms. The van der Waals surface area contributed by atoms with Crippen molar-refractivity contribution >= 4 is 11.6 Å². The van der Waals surface area contributed by atoms with Gasteiger partial charge < -0.3 is 10.2 Å². The molecule has 2 rings (SSSR count). The number of amides is 1. The topological polar surface area (TPSA) is 32.3 Å². The molecule has 1 aromatic rings. The summed E-state index contributed by atoms with van der Waals surface area (Å²) < 4.78 is 0. The molecule has 1 aliphatic rings. The Morgan fingerprint density at radius 2 is 2.15 bits per heavy atom. The van der Waals surface area contributed by atoms with Crippen molar-refractivity contribution in [3.8, 4) is 0 Å². The fourth-order valence-corrected chi connectivity index (χ4v) is 3.05. The van der Waals surface area contributed by atoms with E-state index in [2.05, 4.69) is 38.2 Å². The van der Waals surface area contributed by atoms with Crippen LogP contribution in [0.1, 0.15) is 51.5 Å². The molecule has 0 fully saturated rings. The van der Waals surface area contributed by atoms with Crippen molar-refractivity contribution in [1.82, 2.24) is 4.90 Å². The van der Waals surface area contributed by atoms with Gasteiger partial charge in [-0.2, -0.15) is 0 Å². The second kappa shape index (κ2) is 6.29. The molecule has 0 aromatic heterocycles. The number of likely N-dealkylation sites (N-methyl/N-ethyl adjacent to an activating group) is 1. The van der Waals surface area contributed by atoms with Gasteiger partial charge in [-0.3, -0.25) is 4.79 Å². The normalized spacial score (nSPS) is 22.6. The lowest BCUT2D eigenvalue weighted by molar-refractivity contribution is -0.133. The van der Waals surface area contributed by atoms with E-state index in [0.29, 0.717) is 12.1 Å².